The zero-order chi connectivity index (χ0) is 15.0. The Hall–Kier alpha value is -1.72. The molecule has 0 saturated carbocycles. The summed E-state index contributed by atoms with van der Waals surface area (Å²) in [5.41, 5.74) is 10.1. The second-order valence-corrected chi connectivity index (χ2v) is 6.22. The summed E-state index contributed by atoms with van der Waals surface area (Å²) in [5, 5.41) is 2.07. The van der Waals surface area contributed by atoms with Crippen LogP contribution in [0, 0.1) is 5.82 Å². The zero-order valence-corrected chi connectivity index (χ0v) is 13.0. The number of nitrogens with zero attached hydrogens (tertiary/aromatic N) is 2. The van der Waals surface area contributed by atoms with Gasteiger partial charge in [0.2, 0.25) is 0 Å². The van der Waals surface area contributed by atoms with E-state index in [2.05, 4.69) is 23.6 Å². The minimum absolute atomic E-state index is 0.221. The number of halogens is 1. The largest absolute Gasteiger partial charge is 0.330 e. The van der Waals surface area contributed by atoms with Crippen LogP contribution < -0.4 is 5.73 Å². The van der Waals surface area contributed by atoms with Gasteiger partial charge in [0.25, 0.3) is 0 Å². The fourth-order valence-corrected chi connectivity index (χ4v) is 3.52. The molecule has 0 amide bonds. The SMILES string of the molecule is CC(C)c1nc2scc(-c3ccc(F)cc3)n2c1CCN. The topological polar surface area (TPSA) is 43.3 Å². The summed E-state index contributed by atoms with van der Waals surface area (Å²) >= 11 is 1.61. The lowest BCUT2D eigenvalue weighted by Crippen LogP contribution is -2.08. The van der Waals surface area contributed by atoms with Crippen molar-refractivity contribution in [3.8, 4) is 11.3 Å². The molecule has 0 bridgehead atoms. The van der Waals surface area contributed by atoms with Crippen LogP contribution in [0.2, 0.25) is 0 Å². The van der Waals surface area contributed by atoms with Gasteiger partial charge in [0.1, 0.15) is 5.82 Å². The summed E-state index contributed by atoms with van der Waals surface area (Å²) in [6.07, 6.45) is 0.791. The van der Waals surface area contributed by atoms with E-state index in [0.29, 0.717) is 12.5 Å². The van der Waals surface area contributed by atoms with Gasteiger partial charge in [-0.25, -0.2) is 9.37 Å². The van der Waals surface area contributed by atoms with E-state index in [-0.39, 0.29) is 5.82 Å². The number of fused-ring (bicyclic) bond motifs is 1. The number of benzene rings is 1. The third kappa shape index (κ3) is 2.47. The Morgan fingerprint density at radius 3 is 2.62 bits per heavy atom. The molecule has 0 spiro atoms. The Kier molecular flexibility index (Phi) is 3.78. The highest BCUT2D eigenvalue weighted by molar-refractivity contribution is 7.15. The highest BCUT2D eigenvalue weighted by Gasteiger charge is 2.18. The van der Waals surface area contributed by atoms with Gasteiger partial charge in [-0.15, -0.1) is 11.3 Å². The second kappa shape index (κ2) is 5.58. The third-order valence-corrected chi connectivity index (χ3v) is 4.38. The Labute approximate surface area is 127 Å². The molecule has 0 aliphatic carbocycles. The number of rotatable bonds is 4. The van der Waals surface area contributed by atoms with E-state index in [9.17, 15) is 4.39 Å². The normalized spacial score (nSPS) is 11.7. The smallest absolute Gasteiger partial charge is 0.194 e. The summed E-state index contributed by atoms with van der Waals surface area (Å²) in [5.74, 6) is 0.139. The van der Waals surface area contributed by atoms with E-state index >= 15 is 0 Å². The molecule has 3 nitrogen and oxygen atoms in total. The number of hydrogen-bond donors (Lipinski definition) is 1. The first-order valence-corrected chi connectivity index (χ1v) is 7.94. The summed E-state index contributed by atoms with van der Waals surface area (Å²) in [4.78, 5) is 5.72. The highest BCUT2D eigenvalue weighted by Crippen LogP contribution is 2.31. The van der Waals surface area contributed by atoms with Gasteiger partial charge in [0, 0.05) is 17.5 Å². The molecule has 110 valence electrons. The Morgan fingerprint density at radius 2 is 2.00 bits per heavy atom. The van der Waals surface area contributed by atoms with Crippen molar-refractivity contribution in [2.75, 3.05) is 6.54 Å². The van der Waals surface area contributed by atoms with Gasteiger partial charge in [0.15, 0.2) is 4.96 Å². The Balaban J connectivity index is 2.22. The van der Waals surface area contributed by atoms with Crippen molar-refractivity contribution in [2.45, 2.75) is 26.2 Å². The van der Waals surface area contributed by atoms with E-state index < -0.39 is 0 Å². The molecule has 2 aromatic heterocycles. The van der Waals surface area contributed by atoms with E-state index in [1.54, 1.807) is 23.5 Å². The van der Waals surface area contributed by atoms with Gasteiger partial charge < -0.3 is 5.73 Å². The molecule has 0 aliphatic heterocycles. The first-order chi connectivity index (χ1) is 10.1. The lowest BCUT2D eigenvalue weighted by atomic mass is 10.1. The molecule has 0 aliphatic rings. The van der Waals surface area contributed by atoms with Gasteiger partial charge in [-0.2, -0.15) is 0 Å². The number of aromatic nitrogens is 2. The second-order valence-electron chi connectivity index (χ2n) is 5.38. The van der Waals surface area contributed by atoms with E-state index in [1.165, 1.54) is 17.8 Å². The Morgan fingerprint density at radius 1 is 1.29 bits per heavy atom. The van der Waals surface area contributed by atoms with Gasteiger partial charge in [0.05, 0.1) is 11.4 Å². The molecule has 2 N–H and O–H groups in total. The third-order valence-electron chi connectivity index (χ3n) is 3.56. The van der Waals surface area contributed by atoms with Gasteiger partial charge in [-0.3, -0.25) is 4.40 Å². The highest BCUT2D eigenvalue weighted by atomic mass is 32.1. The molecular formula is C16H18FN3S. The maximum absolute atomic E-state index is 13.1. The first kappa shape index (κ1) is 14.2. The quantitative estimate of drug-likeness (QED) is 0.796. The van der Waals surface area contributed by atoms with Crippen molar-refractivity contribution in [3.63, 3.8) is 0 Å². The van der Waals surface area contributed by atoms with Crippen LogP contribution >= 0.6 is 11.3 Å². The number of nitrogens with two attached hydrogens (primary N) is 1. The lowest BCUT2D eigenvalue weighted by Gasteiger charge is -2.08. The van der Waals surface area contributed by atoms with Crippen LogP contribution in [0.1, 0.15) is 31.2 Å². The van der Waals surface area contributed by atoms with Gasteiger partial charge >= 0.3 is 0 Å². The standard InChI is InChI=1S/C16H18FN3S/c1-10(2)15-13(7-8-18)20-14(9-21-16(20)19-15)11-3-5-12(17)6-4-11/h3-6,9-10H,7-8,18H2,1-2H3. The monoisotopic (exact) mass is 303 g/mol. The molecule has 0 radical (unpaired) electrons. The van der Waals surface area contributed by atoms with Crippen molar-refractivity contribution >= 4 is 16.3 Å². The fraction of sp³-hybridized carbons (Fsp3) is 0.312. The fourth-order valence-electron chi connectivity index (χ4n) is 2.59. The molecule has 3 rings (SSSR count). The zero-order valence-electron chi connectivity index (χ0n) is 12.1. The predicted molar refractivity (Wildman–Crippen MR) is 85.3 cm³/mol. The van der Waals surface area contributed by atoms with E-state index in [0.717, 1.165) is 28.3 Å². The predicted octanol–water partition coefficient (Wildman–Crippen LogP) is 3.83. The van der Waals surface area contributed by atoms with Crippen molar-refractivity contribution in [3.05, 3.63) is 46.9 Å². The van der Waals surface area contributed by atoms with Crippen molar-refractivity contribution in [2.24, 2.45) is 5.73 Å². The molecule has 21 heavy (non-hydrogen) atoms. The maximum Gasteiger partial charge on any atom is 0.194 e. The average molecular weight is 303 g/mol. The molecule has 1 aromatic carbocycles. The van der Waals surface area contributed by atoms with Crippen molar-refractivity contribution in [1.29, 1.82) is 0 Å². The minimum atomic E-state index is -0.221. The van der Waals surface area contributed by atoms with Crippen LogP contribution in [0.3, 0.4) is 0 Å². The van der Waals surface area contributed by atoms with Crippen LogP contribution in [0.25, 0.3) is 16.2 Å². The van der Waals surface area contributed by atoms with Crippen LogP contribution in [0.5, 0.6) is 0 Å². The Bertz CT molecular complexity index is 756. The summed E-state index contributed by atoms with van der Waals surface area (Å²) in [7, 11) is 0. The number of hydrogen-bond acceptors (Lipinski definition) is 3. The van der Waals surface area contributed by atoms with E-state index in [4.69, 9.17) is 10.7 Å². The first-order valence-electron chi connectivity index (χ1n) is 7.06. The van der Waals surface area contributed by atoms with Crippen LogP contribution in [0.15, 0.2) is 29.6 Å². The number of thiazole rings is 1. The van der Waals surface area contributed by atoms with Gasteiger partial charge in [-0.05, 0) is 42.3 Å². The minimum Gasteiger partial charge on any atom is -0.330 e. The van der Waals surface area contributed by atoms with E-state index in [1.807, 2.05) is 0 Å². The van der Waals surface area contributed by atoms with Crippen molar-refractivity contribution < 1.29 is 4.39 Å². The van der Waals surface area contributed by atoms with Crippen LogP contribution in [-0.2, 0) is 6.42 Å². The maximum atomic E-state index is 13.1. The van der Waals surface area contributed by atoms with Gasteiger partial charge in [-0.1, -0.05) is 13.8 Å². The lowest BCUT2D eigenvalue weighted by molar-refractivity contribution is 0.628. The molecule has 0 fully saturated rings. The molecule has 3 aromatic rings. The molecule has 2 heterocycles. The number of imidazole rings is 1. The summed E-state index contributed by atoms with van der Waals surface area (Å²) in [6.45, 7) is 4.88. The summed E-state index contributed by atoms with van der Waals surface area (Å²) < 4.78 is 15.3. The average Bonchev–Trinajstić information content (AvgIpc) is 3.01. The van der Waals surface area contributed by atoms with Crippen molar-refractivity contribution in [1.82, 2.24) is 9.38 Å². The van der Waals surface area contributed by atoms with Crippen LogP contribution in [-0.4, -0.2) is 15.9 Å². The summed E-state index contributed by atoms with van der Waals surface area (Å²) in [6, 6.07) is 6.58. The molecule has 0 saturated heterocycles. The molecule has 0 atom stereocenters. The molecule has 0 unspecified atom stereocenters. The molecule has 5 heteroatoms. The van der Waals surface area contributed by atoms with Crippen LogP contribution in [0.4, 0.5) is 4.39 Å². The molecular weight excluding hydrogens is 285 g/mol.